The minimum atomic E-state index is -0.624. The Morgan fingerprint density at radius 2 is 1.71 bits per heavy atom. The molecule has 0 aliphatic heterocycles. The molecule has 0 atom stereocenters. The van der Waals surface area contributed by atoms with E-state index in [1.807, 2.05) is 12.1 Å². The van der Waals surface area contributed by atoms with Crippen LogP contribution in [-0.2, 0) is 6.61 Å². The predicted molar refractivity (Wildman–Crippen MR) is 126 cm³/mol. The van der Waals surface area contributed by atoms with Crippen molar-refractivity contribution >= 4 is 23.3 Å². The first-order valence-electron chi connectivity index (χ1n) is 10.5. The molecule has 0 saturated heterocycles. The summed E-state index contributed by atoms with van der Waals surface area (Å²) in [5.74, 6) is -0.989. The molecule has 2 aromatic carbocycles. The Morgan fingerprint density at radius 3 is 2.50 bits per heavy atom. The molecule has 0 fully saturated rings. The third kappa shape index (κ3) is 5.42. The number of hydrogen-bond donors (Lipinski definition) is 2. The van der Waals surface area contributed by atoms with E-state index in [0.29, 0.717) is 17.0 Å². The molecular formula is C26H21FN4O3. The lowest BCUT2D eigenvalue weighted by Gasteiger charge is -2.13. The smallest absolute Gasteiger partial charge is 0.258 e. The van der Waals surface area contributed by atoms with Gasteiger partial charge in [-0.05, 0) is 66.6 Å². The van der Waals surface area contributed by atoms with Crippen molar-refractivity contribution in [1.29, 1.82) is 0 Å². The molecule has 4 rings (SSSR count). The molecule has 34 heavy (non-hydrogen) atoms. The van der Waals surface area contributed by atoms with Crippen molar-refractivity contribution < 1.29 is 18.7 Å². The highest BCUT2D eigenvalue weighted by Crippen LogP contribution is 2.24. The van der Waals surface area contributed by atoms with Crippen LogP contribution < -0.4 is 15.4 Å². The molecule has 2 aromatic heterocycles. The second-order valence-electron chi connectivity index (χ2n) is 7.41. The summed E-state index contributed by atoms with van der Waals surface area (Å²) in [5, 5.41) is 5.42. The molecule has 0 radical (unpaired) electrons. The van der Waals surface area contributed by atoms with Crippen LogP contribution in [0.4, 0.5) is 15.9 Å². The van der Waals surface area contributed by atoms with E-state index in [-0.39, 0.29) is 18.0 Å². The number of halogens is 1. The fourth-order valence-electron chi connectivity index (χ4n) is 3.15. The summed E-state index contributed by atoms with van der Waals surface area (Å²) in [4.78, 5) is 33.6. The van der Waals surface area contributed by atoms with Crippen LogP contribution in [0, 0.1) is 12.7 Å². The van der Waals surface area contributed by atoms with Gasteiger partial charge in [0.2, 0.25) is 0 Å². The van der Waals surface area contributed by atoms with Crippen molar-refractivity contribution in [2.75, 3.05) is 10.6 Å². The summed E-state index contributed by atoms with van der Waals surface area (Å²) in [6, 6.07) is 17.6. The highest BCUT2D eigenvalue weighted by Gasteiger charge is 2.16. The molecule has 0 bridgehead atoms. The zero-order valence-electron chi connectivity index (χ0n) is 18.3. The molecule has 2 N–H and O–H groups in total. The van der Waals surface area contributed by atoms with Gasteiger partial charge in [-0.2, -0.15) is 0 Å². The largest absolute Gasteiger partial charge is 0.485 e. The van der Waals surface area contributed by atoms with Gasteiger partial charge in [-0.3, -0.25) is 14.6 Å². The van der Waals surface area contributed by atoms with Gasteiger partial charge in [0.25, 0.3) is 11.8 Å². The first-order chi connectivity index (χ1) is 16.5. The number of benzene rings is 2. The van der Waals surface area contributed by atoms with Crippen LogP contribution in [0.25, 0.3) is 0 Å². The van der Waals surface area contributed by atoms with Crippen molar-refractivity contribution in [3.63, 3.8) is 0 Å². The van der Waals surface area contributed by atoms with Crippen molar-refractivity contribution in [3.05, 3.63) is 113 Å². The summed E-state index contributed by atoms with van der Waals surface area (Å²) in [6.45, 7) is 2.07. The highest BCUT2D eigenvalue weighted by molar-refractivity contribution is 6.08. The molecule has 0 saturated carbocycles. The highest BCUT2D eigenvalue weighted by atomic mass is 19.1. The van der Waals surface area contributed by atoms with Crippen molar-refractivity contribution in [3.8, 4) is 5.75 Å². The average molecular weight is 456 g/mol. The van der Waals surface area contributed by atoms with E-state index >= 15 is 0 Å². The predicted octanol–water partition coefficient (Wildman–Crippen LogP) is 5.01. The zero-order chi connectivity index (χ0) is 23.9. The monoisotopic (exact) mass is 456 g/mol. The maximum atomic E-state index is 14.0. The van der Waals surface area contributed by atoms with Crippen LogP contribution in [0.15, 0.2) is 85.3 Å². The number of aryl methyl sites for hydroxylation is 1. The Bertz CT molecular complexity index is 1330. The Morgan fingerprint density at radius 1 is 0.912 bits per heavy atom. The lowest BCUT2D eigenvalue weighted by Crippen LogP contribution is -2.17. The van der Waals surface area contributed by atoms with Gasteiger partial charge in [0.1, 0.15) is 12.4 Å². The Kier molecular flexibility index (Phi) is 6.88. The maximum absolute atomic E-state index is 14.0. The van der Waals surface area contributed by atoms with Gasteiger partial charge in [0.05, 0.1) is 5.56 Å². The van der Waals surface area contributed by atoms with E-state index < -0.39 is 17.6 Å². The Balaban J connectivity index is 1.49. The topological polar surface area (TPSA) is 93.2 Å². The third-order valence-corrected chi connectivity index (χ3v) is 5.01. The quantitative estimate of drug-likeness (QED) is 0.408. The number of rotatable bonds is 7. The normalized spacial score (nSPS) is 10.4. The zero-order valence-corrected chi connectivity index (χ0v) is 18.3. The lowest BCUT2D eigenvalue weighted by molar-refractivity contribution is 0.101. The van der Waals surface area contributed by atoms with E-state index in [1.165, 1.54) is 24.3 Å². The van der Waals surface area contributed by atoms with Gasteiger partial charge in [-0.25, -0.2) is 9.37 Å². The number of amides is 2. The van der Waals surface area contributed by atoms with Gasteiger partial charge < -0.3 is 15.4 Å². The summed E-state index contributed by atoms with van der Waals surface area (Å²) in [7, 11) is 0. The van der Waals surface area contributed by atoms with Crippen LogP contribution in [0.2, 0.25) is 0 Å². The number of ether oxygens (including phenoxy) is 1. The Hall–Kier alpha value is -4.59. The standard InChI is InChI=1S/C26H21FN4O3/c1-17-8-9-19(15-22(17)30-26(33)20-5-2-3-6-21(20)27)25(32)31-24-23(7-4-12-29-24)34-16-18-10-13-28-14-11-18/h2-15H,16H2,1H3,(H,30,33)(H,29,31,32). The number of pyridine rings is 2. The number of nitrogens with zero attached hydrogens (tertiary/aromatic N) is 2. The number of carbonyl (C=O) groups excluding carboxylic acids is 2. The van der Waals surface area contributed by atoms with Crippen LogP contribution in [-0.4, -0.2) is 21.8 Å². The SMILES string of the molecule is Cc1ccc(C(=O)Nc2ncccc2OCc2ccncc2)cc1NC(=O)c1ccccc1F. The summed E-state index contributed by atoms with van der Waals surface area (Å²) in [5.41, 5.74) is 2.25. The van der Waals surface area contributed by atoms with Crippen LogP contribution in [0.1, 0.15) is 31.8 Å². The number of aromatic nitrogens is 2. The fraction of sp³-hybridized carbons (Fsp3) is 0.0769. The molecule has 0 aliphatic carbocycles. The van der Waals surface area contributed by atoms with Crippen molar-refractivity contribution in [1.82, 2.24) is 9.97 Å². The van der Waals surface area contributed by atoms with Crippen LogP contribution >= 0.6 is 0 Å². The molecule has 0 spiro atoms. The summed E-state index contributed by atoms with van der Waals surface area (Å²) in [6.07, 6.45) is 4.89. The minimum absolute atomic E-state index is 0.0822. The van der Waals surface area contributed by atoms with Crippen molar-refractivity contribution in [2.24, 2.45) is 0 Å². The Labute approximate surface area is 195 Å². The number of hydrogen-bond acceptors (Lipinski definition) is 5. The van der Waals surface area contributed by atoms with E-state index in [9.17, 15) is 14.0 Å². The molecule has 0 unspecified atom stereocenters. The van der Waals surface area contributed by atoms with Gasteiger partial charge in [-0.15, -0.1) is 0 Å². The lowest BCUT2D eigenvalue weighted by atomic mass is 10.1. The van der Waals surface area contributed by atoms with E-state index in [2.05, 4.69) is 20.6 Å². The maximum Gasteiger partial charge on any atom is 0.258 e. The van der Waals surface area contributed by atoms with E-state index in [4.69, 9.17) is 4.74 Å². The first kappa shape index (κ1) is 22.6. The summed E-state index contributed by atoms with van der Waals surface area (Å²) < 4.78 is 19.8. The number of nitrogens with one attached hydrogen (secondary N) is 2. The molecule has 0 aliphatic rings. The molecule has 8 heteroatoms. The number of anilines is 2. The average Bonchev–Trinajstić information content (AvgIpc) is 2.85. The van der Waals surface area contributed by atoms with Gasteiger partial charge in [0, 0.05) is 29.8 Å². The molecule has 7 nitrogen and oxygen atoms in total. The third-order valence-electron chi connectivity index (χ3n) is 5.01. The molecule has 2 amide bonds. The van der Waals surface area contributed by atoms with E-state index in [1.54, 1.807) is 55.8 Å². The second kappa shape index (κ2) is 10.4. The molecule has 170 valence electrons. The fourth-order valence-corrected chi connectivity index (χ4v) is 3.15. The van der Waals surface area contributed by atoms with E-state index in [0.717, 1.165) is 11.1 Å². The van der Waals surface area contributed by atoms with Crippen LogP contribution in [0.5, 0.6) is 5.75 Å². The minimum Gasteiger partial charge on any atom is -0.485 e. The summed E-state index contributed by atoms with van der Waals surface area (Å²) >= 11 is 0. The van der Waals surface area contributed by atoms with Crippen molar-refractivity contribution in [2.45, 2.75) is 13.5 Å². The molecular weight excluding hydrogens is 435 g/mol. The molecule has 4 aromatic rings. The van der Waals surface area contributed by atoms with Crippen LogP contribution in [0.3, 0.4) is 0 Å². The van der Waals surface area contributed by atoms with Gasteiger partial charge >= 0.3 is 0 Å². The van der Waals surface area contributed by atoms with Gasteiger partial charge in [-0.1, -0.05) is 18.2 Å². The molecule has 2 heterocycles. The first-order valence-corrected chi connectivity index (χ1v) is 10.5. The number of carbonyl (C=O) groups is 2. The second-order valence-corrected chi connectivity index (χ2v) is 7.41. The van der Waals surface area contributed by atoms with Gasteiger partial charge in [0.15, 0.2) is 11.6 Å².